The first-order valence-corrected chi connectivity index (χ1v) is 9.93. The molecule has 0 saturated carbocycles. The summed E-state index contributed by atoms with van der Waals surface area (Å²) in [5, 5.41) is 3.62. The maximum atomic E-state index is 12.9. The number of carbonyl (C=O) groups is 2. The van der Waals surface area contributed by atoms with Gasteiger partial charge in [0.1, 0.15) is 5.82 Å². The minimum atomic E-state index is -0.248. The molecule has 2 amide bonds. The van der Waals surface area contributed by atoms with Gasteiger partial charge in [-0.3, -0.25) is 14.6 Å². The van der Waals surface area contributed by atoms with Crippen molar-refractivity contribution in [2.24, 2.45) is 0 Å². The van der Waals surface area contributed by atoms with Crippen LogP contribution in [0.1, 0.15) is 26.3 Å². The normalized spacial score (nSPS) is 10.7. The molecule has 0 aliphatic carbocycles. The average molecular weight is 426 g/mol. The molecular formula is C24H22N6O2. The van der Waals surface area contributed by atoms with Crippen LogP contribution in [0, 0.1) is 0 Å². The van der Waals surface area contributed by atoms with Crippen LogP contribution >= 0.6 is 0 Å². The number of nitrogens with zero attached hydrogens (tertiary/aromatic N) is 3. The Hall–Kier alpha value is -4.46. The van der Waals surface area contributed by atoms with Gasteiger partial charge in [0, 0.05) is 48.3 Å². The van der Waals surface area contributed by atoms with Gasteiger partial charge < -0.3 is 21.7 Å². The number of pyridine rings is 2. The Morgan fingerprint density at radius 2 is 1.69 bits per heavy atom. The highest BCUT2D eigenvalue weighted by Gasteiger charge is 2.15. The maximum absolute atomic E-state index is 12.9. The van der Waals surface area contributed by atoms with Crippen LogP contribution in [-0.4, -0.2) is 28.8 Å². The van der Waals surface area contributed by atoms with Gasteiger partial charge in [-0.15, -0.1) is 0 Å². The second-order valence-corrected chi connectivity index (χ2v) is 7.32. The van der Waals surface area contributed by atoms with Crippen molar-refractivity contribution < 1.29 is 9.59 Å². The third-order valence-corrected chi connectivity index (χ3v) is 5.15. The number of amides is 2. The zero-order valence-corrected chi connectivity index (χ0v) is 17.4. The fraction of sp³-hybridized carbons (Fsp3) is 0.0833. The van der Waals surface area contributed by atoms with Crippen LogP contribution in [0.5, 0.6) is 0 Å². The highest BCUT2D eigenvalue weighted by atomic mass is 16.2. The van der Waals surface area contributed by atoms with Crippen molar-refractivity contribution in [1.29, 1.82) is 0 Å². The summed E-state index contributed by atoms with van der Waals surface area (Å²) in [4.78, 5) is 34.9. The molecule has 4 rings (SSSR count). The number of fused-ring (bicyclic) bond motifs is 1. The molecule has 0 saturated heterocycles. The van der Waals surface area contributed by atoms with Gasteiger partial charge in [0.25, 0.3) is 11.8 Å². The molecule has 8 nitrogen and oxygen atoms in total. The van der Waals surface area contributed by atoms with Gasteiger partial charge in [-0.2, -0.15) is 0 Å². The van der Waals surface area contributed by atoms with Crippen molar-refractivity contribution in [2.45, 2.75) is 6.54 Å². The SMILES string of the molecule is CN(C(=O)c1ccc(CNC(=O)c2ccc(N)nc2)cc1)c1ccc2nccc(N)c2c1. The van der Waals surface area contributed by atoms with Gasteiger partial charge in [-0.05, 0) is 54.1 Å². The lowest BCUT2D eigenvalue weighted by Gasteiger charge is -2.18. The second-order valence-electron chi connectivity index (χ2n) is 7.32. The molecular weight excluding hydrogens is 404 g/mol. The predicted molar refractivity (Wildman–Crippen MR) is 125 cm³/mol. The van der Waals surface area contributed by atoms with E-state index in [-0.39, 0.29) is 11.8 Å². The lowest BCUT2D eigenvalue weighted by atomic mass is 10.1. The molecule has 0 fully saturated rings. The maximum Gasteiger partial charge on any atom is 0.258 e. The summed E-state index contributed by atoms with van der Waals surface area (Å²) in [6, 6.07) is 17.5. The molecule has 8 heteroatoms. The summed E-state index contributed by atoms with van der Waals surface area (Å²) in [5.74, 6) is -0.0478. The van der Waals surface area contributed by atoms with E-state index in [0.717, 1.165) is 22.2 Å². The van der Waals surface area contributed by atoms with Crippen molar-refractivity contribution in [1.82, 2.24) is 15.3 Å². The van der Waals surface area contributed by atoms with E-state index < -0.39 is 0 Å². The van der Waals surface area contributed by atoms with E-state index in [9.17, 15) is 9.59 Å². The molecule has 0 aliphatic heterocycles. The zero-order valence-electron chi connectivity index (χ0n) is 17.4. The quantitative estimate of drug-likeness (QED) is 0.450. The molecule has 0 spiro atoms. The molecule has 2 aromatic carbocycles. The smallest absolute Gasteiger partial charge is 0.258 e. The van der Waals surface area contributed by atoms with Crippen molar-refractivity contribution in [3.8, 4) is 0 Å². The Kier molecular flexibility index (Phi) is 5.67. The van der Waals surface area contributed by atoms with E-state index in [4.69, 9.17) is 11.5 Å². The van der Waals surface area contributed by atoms with Gasteiger partial charge in [0.2, 0.25) is 0 Å². The molecule has 0 bridgehead atoms. The van der Waals surface area contributed by atoms with E-state index in [0.29, 0.717) is 29.2 Å². The fourth-order valence-corrected chi connectivity index (χ4v) is 3.26. The predicted octanol–water partition coefficient (Wildman–Crippen LogP) is 3.00. The van der Waals surface area contributed by atoms with E-state index in [1.54, 1.807) is 48.5 Å². The molecule has 0 radical (unpaired) electrons. The fourth-order valence-electron chi connectivity index (χ4n) is 3.26. The number of nitrogens with one attached hydrogen (secondary N) is 1. The Morgan fingerprint density at radius 3 is 2.41 bits per heavy atom. The van der Waals surface area contributed by atoms with Gasteiger partial charge in [0.15, 0.2) is 0 Å². The van der Waals surface area contributed by atoms with Crippen molar-refractivity contribution in [3.63, 3.8) is 0 Å². The monoisotopic (exact) mass is 426 g/mol. The number of benzene rings is 2. The van der Waals surface area contributed by atoms with E-state index in [1.165, 1.54) is 6.20 Å². The molecule has 4 aromatic rings. The van der Waals surface area contributed by atoms with Crippen LogP contribution in [-0.2, 0) is 6.54 Å². The first kappa shape index (κ1) is 20.8. The Morgan fingerprint density at radius 1 is 0.938 bits per heavy atom. The number of hydrogen-bond acceptors (Lipinski definition) is 6. The van der Waals surface area contributed by atoms with Crippen LogP contribution in [0.25, 0.3) is 10.9 Å². The number of rotatable bonds is 5. The van der Waals surface area contributed by atoms with Gasteiger partial charge in [0.05, 0.1) is 11.1 Å². The molecule has 32 heavy (non-hydrogen) atoms. The second kappa shape index (κ2) is 8.73. The van der Waals surface area contributed by atoms with E-state index in [2.05, 4.69) is 15.3 Å². The topological polar surface area (TPSA) is 127 Å². The third kappa shape index (κ3) is 4.34. The standard InChI is InChI=1S/C24H22N6O2/c1-30(18-7-8-21-19(12-18)20(25)10-11-27-21)24(32)16-4-2-15(3-5-16)13-29-23(31)17-6-9-22(26)28-14-17/h2-12,14H,13H2,1H3,(H2,25,27)(H2,26,28)(H,29,31). The molecule has 2 heterocycles. The summed E-state index contributed by atoms with van der Waals surface area (Å²) < 4.78 is 0. The average Bonchev–Trinajstić information content (AvgIpc) is 2.82. The van der Waals surface area contributed by atoms with Crippen molar-refractivity contribution in [3.05, 3.63) is 89.7 Å². The number of anilines is 3. The lowest BCUT2D eigenvalue weighted by Crippen LogP contribution is -2.26. The van der Waals surface area contributed by atoms with Gasteiger partial charge in [-0.1, -0.05) is 12.1 Å². The molecule has 0 aliphatic rings. The van der Waals surface area contributed by atoms with Crippen LogP contribution in [0.3, 0.4) is 0 Å². The minimum Gasteiger partial charge on any atom is -0.398 e. The van der Waals surface area contributed by atoms with E-state index >= 15 is 0 Å². The van der Waals surface area contributed by atoms with Crippen LogP contribution in [0.4, 0.5) is 17.2 Å². The van der Waals surface area contributed by atoms with E-state index in [1.807, 2.05) is 30.3 Å². The number of carbonyl (C=O) groups excluding carboxylic acids is 2. The molecule has 160 valence electrons. The summed E-state index contributed by atoms with van der Waals surface area (Å²) in [6.07, 6.45) is 3.08. The van der Waals surface area contributed by atoms with Gasteiger partial charge in [-0.25, -0.2) is 4.98 Å². The molecule has 0 atom stereocenters. The van der Waals surface area contributed by atoms with Crippen molar-refractivity contribution >= 4 is 39.9 Å². The molecule has 0 unspecified atom stereocenters. The van der Waals surface area contributed by atoms with Crippen LogP contribution in [0.2, 0.25) is 0 Å². The first-order valence-electron chi connectivity index (χ1n) is 9.93. The minimum absolute atomic E-state index is 0.157. The van der Waals surface area contributed by atoms with Crippen LogP contribution in [0.15, 0.2) is 73.1 Å². The highest BCUT2D eigenvalue weighted by molar-refractivity contribution is 6.07. The summed E-state index contributed by atoms with van der Waals surface area (Å²) in [5.41, 5.74) is 15.5. The largest absolute Gasteiger partial charge is 0.398 e. The highest BCUT2D eigenvalue weighted by Crippen LogP contribution is 2.25. The zero-order chi connectivity index (χ0) is 22.7. The number of nitrogen functional groups attached to an aromatic ring is 2. The van der Waals surface area contributed by atoms with Gasteiger partial charge >= 0.3 is 0 Å². The number of aromatic nitrogens is 2. The summed E-state index contributed by atoms with van der Waals surface area (Å²) in [6.45, 7) is 0.324. The lowest BCUT2D eigenvalue weighted by molar-refractivity contribution is 0.0948. The first-order chi connectivity index (χ1) is 15.4. The number of hydrogen-bond donors (Lipinski definition) is 3. The Labute approximate surface area is 184 Å². The summed E-state index contributed by atoms with van der Waals surface area (Å²) in [7, 11) is 1.71. The summed E-state index contributed by atoms with van der Waals surface area (Å²) >= 11 is 0. The Bertz CT molecular complexity index is 1290. The third-order valence-electron chi connectivity index (χ3n) is 5.15. The van der Waals surface area contributed by atoms with Crippen LogP contribution < -0.4 is 21.7 Å². The molecule has 5 N–H and O–H groups in total. The number of nitrogens with two attached hydrogens (primary N) is 2. The Balaban J connectivity index is 1.43. The molecule has 2 aromatic heterocycles. The van der Waals surface area contributed by atoms with Crippen molar-refractivity contribution in [2.75, 3.05) is 23.4 Å².